The van der Waals surface area contributed by atoms with Crippen LogP contribution in [-0.4, -0.2) is 56.0 Å². The molecule has 1 aromatic heterocycles. The van der Waals surface area contributed by atoms with Crippen molar-refractivity contribution >= 4 is 0 Å². The topological polar surface area (TPSA) is 66.2 Å². The van der Waals surface area contributed by atoms with Gasteiger partial charge in [0.05, 0.1) is 13.2 Å². The van der Waals surface area contributed by atoms with E-state index in [1.807, 2.05) is 6.33 Å². The molecule has 0 bridgehead atoms. The number of fused-ring (bicyclic) bond motifs is 1. The number of hydrogen-bond acceptors (Lipinski definition) is 5. The third-order valence-electron chi connectivity index (χ3n) is 4.91. The van der Waals surface area contributed by atoms with Gasteiger partial charge in [-0.3, -0.25) is 4.90 Å². The van der Waals surface area contributed by atoms with Gasteiger partial charge in [0.25, 0.3) is 0 Å². The second-order valence-electron chi connectivity index (χ2n) is 6.53. The van der Waals surface area contributed by atoms with E-state index in [4.69, 9.17) is 0 Å². The average molecular weight is 293 g/mol. The summed E-state index contributed by atoms with van der Waals surface area (Å²) < 4.78 is 2.13. The lowest BCUT2D eigenvalue weighted by Crippen LogP contribution is -2.49. The van der Waals surface area contributed by atoms with Crippen molar-refractivity contribution in [3.8, 4) is 0 Å². The maximum Gasteiger partial charge on any atom is 0.147 e. The zero-order valence-corrected chi connectivity index (χ0v) is 13.0. The fraction of sp³-hybridized carbons (Fsp3) is 0.867. The smallest absolute Gasteiger partial charge is 0.147 e. The van der Waals surface area contributed by atoms with E-state index in [2.05, 4.69) is 31.9 Å². The molecule has 118 valence electrons. The Labute approximate surface area is 126 Å². The van der Waals surface area contributed by atoms with Gasteiger partial charge in [-0.15, -0.1) is 10.2 Å². The van der Waals surface area contributed by atoms with E-state index in [0.29, 0.717) is 6.04 Å². The van der Waals surface area contributed by atoms with Crippen molar-refractivity contribution in [2.24, 2.45) is 0 Å². The second-order valence-corrected chi connectivity index (χ2v) is 6.53. The lowest BCUT2D eigenvalue weighted by Gasteiger charge is -2.34. The van der Waals surface area contributed by atoms with Gasteiger partial charge >= 0.3 is 0 Å². The van der Waals surface area contributed by atoms with Crippen molar-refractivity contribution in [1.82, 2.24) is 25.0 Å². The summed E-state index contributed by atoms with van der Waals surface area (Å²) >= 11 is 0. The van der Waals surface area contributed by atoms with E-state index >= 15 is 0 Å². The van der Waals surface area contributed by atoms with Gasteiger partial charge in [-0.25, -0.2) is 0 Å². The highest BCUT2D eigenvalue weighted by atomic mass is 16.3. The van der Waals surface area contributed by atoms with Gasteiger partial charge in [-0.2, -0.15) is 0 Å². The predicted molar refractivity (Wildman–Crippen MR) is 80.8 cm³/mol. The highest BCUT2D eigenvalue weighted by Gasteiger charge is 2.34. The molecular formula is C15H27N5O. The summed E-state index contributed by atoms with van der Waals surface area (Å²) in [4.78, 5) is 2.44. The lowest BCUT2D eigenvalue weighted by atomic mass is 9.91. The standard InChI is InChI=1S/C15H27N5O/c1-2-15(11-21,17-13-4-5-13)6-3-7-19-8-9-20-12-16-18-14(20)10-19/h12-13,17,21H,2-11H2,1H3. The largest absolute Gasteiger partial charge is 0.394 e. The molecule has 0 amide bonds. The van der Waals surface area contributed by atoms with Crippen LogP contribution in [0.3, 0.4) is 0 Å². The zero-order chi connectivity index (χ0) is 14.7. The summed E-state index contributed by atoms with van der Waals surface area (Å²) in [6.45, 7) is 6.44. The summed E-state index contributed by atoms with van der Waals surface area (Å²) in [5.41, 5.74) is -0.0724. The minimum atomic E-state index is -0.0724. The summed E-state index contributed by atoms with van der Waals surface area (Å²) in [6, 6.07) is 0.644. The number of nitrogens with zero attached hydrogens (tertiary/aromatic N) is 4. The number of hydrogen-bond donors (Lipinski definition) is 2. The van der Waals surface area contributed by atoms with Crippen LogP contribution in [0.25, 0.3) is 0 Å². The Hall–Kier alpha value is -0.980. The molecule has 2 N–H and O–H groups in total. The van der Waals surface area contributed by atoms with Crippen molar-refractivity contribution in [3.05, 3.63) is 12.2 Å². The van der Waals surface area contributed by atoms with Gasteiger partial charge in [-0.1, -0.05) is 6.92 Å². The number of aliphatic hydroxyl groups excluding tert-OH is 1. The summed E-state index contributed by atoms with van der Waals surface area (Å²) in [6.07, 6.45) is 7.50. The molecule has 1 fully saturated rings. The van der Waals surface area contributed by atoms with Crippen LogP contribution in [0, 0.1) is 0 Å². The van der Waals surface area contributed by atoms with Crippen LogP contribution in [0.4, 0.5) is 0 Å². The Bertz CT molecular complexity index is 453. The van der Waals surface area contributed by atoms with E-state index in [0.717, 1.165) is 51.3 Å². The van der Waals surface area contributed by atoms with Crippen LogP contribution in [0.5, 0.6) is 0 Å². The highest BCUT2D eigenvalue weighted by molar-refractivity contribution is 4.95. The molecule has 3 rings (SSSR count). The molecule has 1 saturated carbocycles. The van der Waals surface area contributed by atoms with E-state index in [-0.39, 0.29) is 12.1 Å². The molecule has 1 unspecified atom stereocenters. The Morgan fingerprint density at radius 2 is 2.29 bits per heavy atom. The number of rotatable bonds is 8. The van der Waals surface area contributed by atoms with Crippen LogP contribution in [0.1, 0.15) is 44.9 Å². The van der Waals surface area contributed by atoms with Crippen LogP contribution >= 0.6 is 0 Å². The number of aromatic nitrogens is 3. The quantitative estimate of drug-likeness (QED) is 0.741. The van der Waals surface area contributed by atoms with Crippen molar-refractivity contribution in [3.63, 3.8) is 0 Å². The van der Waals surface area contributed by atoms with E-state index in [1.165, 1.54) is 12.8 Å². The first-order chi connectivity index (χ1) is 10.2. The van der Waals surface area contributed by atoms with Gasteiger partial charge < -0.3 is 15.0 Å². The molecule has 1 aliphatic carbocycles. The maximum atomic E-state index is 9.79. The molecule has 0 aromatic carbocycles. The Balaban J connectivity index is 1.46. The van der Waals surface area contributed by atoms with Crippen molar-refractivity contribution in [2.75, 3.05) is 19.7 Å². The molecule has 6 nitrogen and oxygen atoms in total. The van der Waals surface area contributed by atoms with E-state index < -0.39 is 0 Å². The molecule has 0 saturated heterocycles. The molecular weight excluding hydrogens is 266 g/mol. The first-order valence-electron chi connectivity index (χ1n) is 8.22. The molecule has 0 spiro atoms. The first-order valence-corrected chi connectivity index (χ1v) is 8.22. The predicted octanol–water partition coefficient (Wildman–Crippen LogP) is 0.767. The Morgan fingerprint density at radius 3 is 3.00 bits per heavy atom. The first kappa shape index (κ1) is 14.9. The highest BCUT2D eigenvalue weighted by Crippen LogP contribution is 2.27. The summed E-state index contributed by atoms with van der Waals surface area (Å²) in [5, 5.41) is 21.6. The minimum Gasteiger partial charge on any atom is -0.394 e. The monoisotopic (exact) mass is 293 g/mol. The van der Waals surface area contributed by atoms with Crippen LogP contribution in [-0.2, 0) is 13.1 Å². The molecule has 6 heteroatoms. The molecule has 21 heavy (non-hydrogen) atoms. The molecule has 2 aliphatic rings. The molecule has 1 aliphatic heterocycles. The normalized spacial score (nSPS) is 22.0. The molecule has 0 radical (unpaired) electrons. The molecule has 1 aromatic rings. The fourth-order valence-corrected chi connectivity index (χ4v) is 3.20. The van der Waals surface area contributed by atoms with Crippen molar-refractivity contribution in [2.45, 2.75) is 63.7 Å². The van der Waals surface area contributed by atoms with E-state index in [1.54, 1.807) is 0 Å². The van der Waals surface area contributed by atoms with Crippen molar-refractivity contribution < 1.29 is 5.11 Å². The third kappa shape index (κ3) is 3.62. The SMILES string of the molecule is CCC(CO)(CCCN1CCn2cnnc2C1)NC1CC1. The summed E-state index contributed by atoms with van der Waals surface area (Å²) in [7, 11) is 0. The molecule has 2 heterocycles. The van der Waals surface area contributed by atoms with Gasteiger partial charge in [0.2, 0.25) is 0 Å². The lowest BCUT2D eigenvalue weighted by molar-refractivity contribution is 0.132. The second kappa shape index (κ2) is 6.42. The Kier molecular flexibility index (Phi) is 4.57. The van der Waals surface area contributed by atoms with Gasteiger partial charge in [0.15, 0.2) is 0 Å². The van der Waals surface area contributed by atoms with Gasteiger partial charge in [-0.05, 0) is 38.6 Å². The zero-order valence-electron chi connectivity index (χ0n) is 13.0. The van der Waals surface area contributed by atoms with E-state index in [9.17, 15) is 5.11 Å². The number of aliphatic hydroxyl groups is 1. The van der Waals surface area contributed by atoms with Crippen LogP contribution in [0.2, 0.25) is 0 Å². The molecule has 1 atom stereocenters. The fourth-order valence-electron chi connectivity index (χ4n) is 3.20. The Morgan fingerprint density at radius 1 is 1.43 bits per heavy atom. The van der Waals surface area contributed by atoms with Crippen molar-refractivity contribution in [1.29, 1.82) is 0 Å². The minimum absolute atomic E-state index is 0.0724. The third-order valence-corrected chi connectivity index (χ3v) is 4.91. The maximum absolute atomic E-state index is 9.79. The number of nitrogens with one attached hydrogen (secondary N) is 1. The average Bonchev–Trinajstić information content (AvgIpc) is 3.20. The van der Waals surface area contributed by atoms with Crippen LogP contribution < -0.4 is 5.32 Å². The van der Waals surface area contributed by atoms with Gasteiger partial charge in [0.1, 0.15) is 12.2 Å². The van der Waals surface area contributed by atoms with Crippen LogP contribution in [0.15, 0.2) is 6.33 Å². The van der Waals surface area contributed by atoms with Gasteiger partial charge in [0, 0.05) is 24.7 Å². The summed E-state index contributed by atoms with van der Waals surface area (Å²) in [5.74, 6) is 1.07.